The van der Waals surface area contributed by atoms with Gasteiger partial charge in [0.1, 0.15) is 11.4 Å². The Hall–Kier alpha value is -1.43. The van der Waals surface area contributed by atoms with E-state index in [9.17, 15) is 18.0 Å². The first-order valence-corrected chi connectivity index (χ1v) is 3.96. The number of aromatic carboxylic acids is 1. The number of hydrogen-bond acceptors (Lipinski definition) is 2. The Kier molecular flexibility index (Phi) is 3.41. The average Bonchev–Trinajstić information content (AvgIpc) is 2.08. The van der Waals surface area contributed by atoms with E-state index in [0.717, 1.165) is 0 Å². The zero-order valence-electron chi connectivity index (χ0n) is 7.01. The molecule has 0 spiro atoms. The maximum Gasteiger partial charge on any atom is 0.387 e. The maximum atomic E-state index is 12.7. The minimum Gasteiger partial charge on any atom is -0.478 e. The van der Waals surface area contributed by atoms with Crippen LogP contribution in [-0.2, 0) is 0 Å². The normalized spacial score (nSPS) is 10.5. The summed E-state index contributed by atoms with van der Waals surface area (Å²) in [5.74, 6) is -3.30. The molecule has 1 N–H and O–H groups in total. The molecule has 0 aliphatic carbocycles. The van der Waals surface area contributed by atoms with Crippen molar-refractivity contribution in [1.29, 1.82) is 0 Å². The lowest BCUT2D eigenvalue weighted by atomic mass is 10.2. The third-order valence-corrected chi connectivity index (χ3v) is 1.73. The van der Waals surface area contributed by atoms with Crippen molar-refractivity contribution in [2.45, 2.75) is 6.61 Å². The highest BCUT2D eigenvalue weighted by Gasteiger charge is 2.19. The Morgan fingerprint density at radius 3 is 2.53 bits per heavy atom. The van der Waals surface area contributed by atoms with E-state index in [1.807, 2.05) is 0 Å². The first-order chi connectivity index (χ1) is 6.91. The van der Waals surface area contributed by atoms with Gasteiger partial charge in [0.25, 0.3) is 0 Å². The van der Waals surface area contributed by atoms with Gasteiger partial charge in [-0.1, -0.05) is 11.6 Å². The third kappa shape index (κ3) is 2.76. The molecule has 0 saturated carbocycles. The number of ether oxygens (including phenoxy) is 1. The van der Waals surface area contributed by atoms with Crippen molar-refractivity contribution in [2.75, 3.05) is 0 Å². The van der Waals surface area contributed by atoms with Gasteiger partial charge in [-0.05, 0) is 12.1 Å². The Morgan fingerprint density at radius 2 is 2.07 bits per heavy atom. The molecule has 0 radical (unpaired) electrons. The van der Waals surface area contributed by atoms with Gasteiger partial charge in [-0.2, -0.15) is 8.78 Å². The molecule has 1 aromatic rings. The maximum absolute atomic E-state index is 12.7. The van der Waals surface area contributed by atoms with E-state index in [2.05, 4.69) is 4.74 Å². The van der Waals surface area contributed by atoms with E-state index >= 15 is 0 Å². The summed E-state index contributed by atoms with van der Waals surface area (Å²) in [4.78, 5) is 10.6. The Bertz CT molecular complexity index is 395. The van der Waals surface area contributed by atoms with Gasteiger partial charge in [0.05, 0.1) is 5.02 Å². The van der Waals surface area contributed by atoms with Crippen LogP contribution < -0.4 is 4.74 Å². The first kappa shape index (κ1) is 11.6. The van der Waals surface area contributed by atoms with Crippen LogP contribution in [0.1, 0.15) is 10.4 Å². The van der Waals surface area contributed by atoms with Crippen molar-refractivity contribution < 1.29 is 27.8 Å². The Labute approximate surface area is 87.0 Å². The summed E-state index contributed by atoms with van der Waals surface area (Å²) in [6.07, 6.45) is 0. The molecule has 0 aliphatic rings. The second-order valence-corrected chi connectivity index (χ2v) is 2.86. The van der Waals surface area contributed by atoms with E-state index in [1.165, 1.54) is 0 Å². The standard InChI is InChI=1S/C8H4ClF3O3/c9-5-2-3(10)1-4(7(13)14)6(5)15-8(11)12/h1-2,8H,(H,13,14). The molecule has 0 aromatic heterocycles. The number of carboxylic acid groups (broad SMARTS) is 1. The fraction of sp³-hybridized carbons (Fsp3) is 0.125. The summed E-state index contributed by atoms with van der Waals surface area (Å²) < 4.78 is 40.3. The van der Waals surface area contributed by atoms with Crippen molar-refractivity contribution in [2.24, 2.45) is 0 Å². The molecule has 0 aliphatic heterocycles. The molecular weight excluding hydrogens is 237 g/mol. The second-order valence-electron chi connectivity index (χ2n) is 2.45. The van der Waals surface area contributed by atoms with Gasteiger partial charge in [0.2, 0.25) is 0 Å². The minimum absolute atomic E-state index is 0.521. The predicted octanol–water partition coefficient (Wildman–Crippen LogP) is 2.78. The molecule has 7 heteroatoms. The summed E-state index contributed by atoms with van der Waals surface area (Å²) in [6.45, 7) is -3.23. The minimum atomic E-state index is -3.23. The molecule has 0 atom stereocenters. The van der Waals surface area contributed by atoms with Crippen molar-refractivity contribution in [3.8, 4) is 5.75 Å². The van der Waals surface area contributed by atoms with E-state index in [-0.39, 0.29) is 0 Å². The lowest BCUT2D eigenvalue weighted by Gasteiger charge is -2.09. The largest absolute Gasteiger partial charge is 0.478 e. The number of halogens is 4. The molecule has 0 saturated heterocycles. The van der Waals surface area contributed by atoms with Crippen LogP contribution in [-0.4, -0.2) is 17.7 Å². The van der Waals surface area contributed by atoms with Crippen LogP contribution in [0.15, 0.2) is 12.1 Å². The quantitative estimate of drug-likeness (QED) is 0.884. The Morgan fingerprint density at radius 1 is 1.47 bits per heavy atom. The van der Waals surface area contributed by atoms with E-state index < -0.39 is 34.7 Å². The van der Waals surface area contributed by atoms with Crippen LogP contribution in [0.5, 0.6) is 5.75 Å². The molecule has 3 nitrogen and oxygen atoms in total. The van der Waals surface area contributed by atoms with Crippen molar-refractivity contribution in [3.63, 3.8) is 0 Å². The topological polar surface area (TPSA) is 46.5 Å². The predicted molar refractivity (Wildman–Crippen MR) is 45.0 cm³/mol. The molecule has 0 amide bonds. The summed E-state index contributed by atoms with van der Waals surface area (Å²) >= 11 is 5.36. The van der Waals surface area contributed by atoms with E-state index in [4.69, 9.17) is 16.7 Å². The van der Waals surface area contributed by atoms with Gasteiger partial charge in [0.15, 0.2) is 5.75 Å². The smallest absolute Gasteiger partial charge is 0.387 e. The van der Waals surface area contributed by atoms with Crippen LogP contribution in [0, 0.1) is 5.82 Å². The number of alkyl halides is 2. The van der Waals surface area contributed by atoms with Crippen LogP contribution in [0.2, 0.25) is 5.02 Å². The molecular formula is C8H4ClF3O3. The fourth-order valence-electron chi connectivity index (χ4n) is 0.928. The molecule has 0 fully saturated rings. The van der Waals surface area contributed by atoms with Gasteiger partial charge in [-0.15, -0.1) is 0 Å². The molecule has 1 aromatic carbocycles. The molecule has 15 heavy (non-hydrogen) atoms. The van der Waals surface area contributed by atoms with Gasteiger partial charge >= 0.3 is 12.6 Å². The summed E-state index contributed by atoms with van der Waals surface area (Å²) in [6, 6.07) is 1.23. The number of hydrogen-bond donors (Lipinski definition) is 1. The van der Waals surface area contributed by atoms with E-state index in [1.54, 1.807) is 0 Å². The fourth-order valence-corrected chi connectivity index (χ4v) is 1.18. The highest BCUT2D eigenvalue weighted by molar-refractivity contribution is 6.32. The third-order valence-electron chi connectivity index (χ3n) is 1.45. The van der Waals surface area contributed by atoms with Gasteiger partial charge in [-0.3, -0.25) is 0 Å². The number of benzene rings is 1. The zero-order valence-corrected chi connectivity index (χ0v) is 7.76. The Balaban J connectivity index is 3.27. The monoisotopic (exact) mass is 240 g/mol. The van der Waals surface area contributed by atoms with Crippen LogP contribution >= 0.6 is 11.6 Å². The molecule has 82 valence electrons. The summed E-state index contributed by atoms with van der Waals surface area (Å²) in [5.41, 5.74) is -0.750. The second kappa shape index (κ2) is 4.39. The van der Waals surface area contributed by atoms with Crippen LogP contribution in [0.3, 0.4) is 0 Å². The average molecular weight is 241 g/mol. The molecule has 0 bridgehead atoms. The van der Waals surface area contributed by atoms with Gasteiger partial charge in [-0.25, -0.2) is 9.18 Å². The molecule has 0 unspecified atom stereocenters. The summed E-state index contributed by atoms with van der Waals surface area (Å²) in [5, 5.41) is 8.06. The van der Waals surface area contributed by atoms with E-state index in [0.29, 0.717) is 12.1 Å². The van der Waals surface area contributed by atoms with Gasteiger partial charge in [0, 0.05) is 0 Å². The van der Waals surface area contributed by atoms with Gasteiger partial charge < -0.3 is 9.84 Å². The summed E-state index contributed by atoms with van der Waals surface area (Å²) in [7, 11) is 0. The highest BCUT2D eigenvalue weighted by Crippen LogP contribution is 2.31. The lowest BCUT2D eigenvalue weighted by molar-refractivity contribution is -0.0503. The van der Waals surface area contributed by atoms with Crippen molar-refractivity contribution >= 4 is 17.6 Å². The highest BCUT2D eigenvalue weighted by atomic mass is 35.5. The van der Waals surface area contributed by atoms with Crippen molar-refractivity contribution in [1.82, 2.24) is 0 Å². The van der Waals surface area contributed by atoms with Crippen LogP contribution in [0.25, 0.3) is 0 Å². The zero-order chi connectivity index (χ0) is 11.6. The first-order valence-electron chi connectivity index (χ1n) is 3.59. The number of rotatable bonds is 3. The lowest BCUT2D eigenvalue weighted by Crippen LogP contribution is -2.08. The molecule has 1 rings (SSSR count). The number of carboxylic acids is 1. The molecule has 0 heterocycles. The van der Waals surface area contributed by atoms with Crippen LogP contribution in [0.4, 0.5) is 13.2 Å². The number of carbonyl (C=O) groups is 1. The SMILES string of the molecule is O=C(O)c1cc(F)cc(Cl)c1OC(F)F. The van der Waals surface area contributed by atoms with Crippen molar-refractivity contribution in [3.05, 3.63) is 28.5 Å².